The maximum Gasteiger partial charge on any atom is 0.410 e. The van der Waals surface area contributed by atoms with Crippen molar-refractivity contribution in [2.24, 2.45) is 0 Å². The molecule has 1 atom stereocenters. The van der Waals surface area contributed by atoms with Crippen LogP contribution in [0.25, 0.3) is 0 Å². The molecule has 1 aliphatic rings. The summed E-state index contributed by atoms with van der Waals surface area (Å²) in [6, 6.07) is -0.491. The van der Waals surface area contributed by atoms with Crippen molar-refractivity contribution in [2.45, 2.75) is 96.4 Å². The van der Waals surface area contributed by atoms with E-state index in [0.29, 0.717) is 19.6 Å². The number of likely N-dealkylation sites (tertiary alicyclic amines) is 1. The number of unbranched alkanes of at least 4 members (excludes halogenated alkanes) is 10. The van der Waals surface area contributed by atoms with Gasteiger partial charge in [-0.15, -0.1) is 0 Å². The summed E-state index contributed by atoms with van der Waals surface area (Å²) < 4.78 is 10.4. The molecule has 5 heteroatoms. The van der Waals surface area contributed by atoms with Crippen LogP contribution in [0, 0.1) is 0 Å². The molecule has 27 heavy (non-hydrogen) atoms. The Balaban J connectivity index is 2.02. The number of rotatable bonds is 15. The standard InChI is InChI=1S/C22H39NO4/c1-3-5-6-7-8-9-10-11-12-13-14-19-26-21(24)20-16-15-17-23(20)22(25)27-18-4-2/h4,20H,2-3,5-19H2,1H3/t20-/m0/s1. The first-order valence-corrected chi connectivity index (χ1v) is 10.9. The third kappa shape index (κ3) is 10.4. The molecule has 1 fully saturated rings. The van der Waals surface area contributed by atoms with Gasteiger partial charge in [0.05, 0.1) is 6.61 Å². The largest absolute Gasteiger partial charge is 0.464 e. The van der Waals surface area contributed by atoms with Gasteiger partial charge < -0.3 is 9.47 Å². The lowest BCUT2D eigenvalue weighted by atomic mass is 10.1. The van der Waals surface area contributed by atoms with E-state index in [4.69, 9.17) is 9.47 Å². The molecule has 5 nitrogen and oxygen atoms in total. The monoisotopic (exact) mass is 381 g/mol. The smallest absolute Gasteiger partial charge is 0.410 e. The number of carbonyl (C=O) groups excluding carboxylic acids is 2. The molecular formula is C22H39NO4. The quantitative estimate of drug-likeness (QED) is 0.210. The van der Waals surface area contributed by atoms with E-state index in [1.54, 1.807) is 0 Å². The van der Waals surface area contributed by atoms with Gasteiger partial charge in [0.25, 0.3) is 0 Å². The first kappa shape index (κ1) is 23.5. The van der Waals surface area contributed by atoms with E-state index < -0.39 is 12.1 Å². The van der Waals surface area contributed by atoms with Crippen LogP contribution in [0.3, 0.4) is 0 Å². The van der Waals surface area contributed by atoms with Crippen LogP contribution < -0.4 is 0 Å². The highest BCUT2D eigenvalue weighted by Gasteiger charge is 2.36. The van der Waals surface area contributed by atoms with Crippen molar-refractivity contribution in [3.63, 3.8) is 0 Å². The summed E-state index contributed by atoms with van der Waals surface area (Å²) >= 11 is 0. The molecule has 0 unspecified atom stereocenters. The highest BCUT2D eigenvalue weighted by molar-refractivity contribution is 5.82. The number of ether oxygens (including phenoxy) is 2. The van der Waals surface area contributed by atoms with Crippen molar-refractivity contribution in [2.75, 3.05) is 19.8 Å². The van der Waals surface area contributed by atoms with Crippen LogP contribution in [0.2, 0.25) is 0 Å². The summed E-state index contributed by atoms with van der Waals surface area (Å²) in [6.45, 7) is 6.93. The SMILES string of the molecule is C=CCOC(=O)N1CCC[C@H]1C(=O)OCCCCCCCCCCCCC. The van der Waals surface area contributed by atoms with E-state index in [9.17, 15) is 9.59 Å². The predicted octanol–water partition coefficient (Wildman–Crippen LogP) is 5.63. The maximum atomic E-state index is 12.2. The zero-order valence-corrected chi connectivity index (χ0v) is 17.3. The minimum absolute atomic E-state index is 0.163. The molecular weight excluding hydrogens is 342 g/mol. The predicted molar refractivity (Wildman–Crippen MR) is 109 cm³/mol. The first-order valence-electron chi connectivity index (χ1n) is 10.9. The summed E-state index contributed by atoms with van der Waals surface area (Å²) in [5.74, 6) is -0.296. The zero-order chi connectivity index (χ0) is 19.7. The molecule has 0 aromatic heterocycles. The van der Waals surface area contributed by atoms with Crippen LogP contribution in [-0.4, -0.2) is 42.8 Å². The van der Waals surface area contributed by atoms with Crippen molar-refractivity contribution >= 4 is 12.1 Å². The lowest BCUT2D eigenvalue weighted by Crippen LogP contribution is -2.41. The molecule has 0 N–H and O–H groups in total. The van der Waals surface area contributed by atoms with Gasteiger partial charge in [0.1, 0.15) is 12.6 Å². The summed E-state index contributed by atoms with van der Waals surface area (Å²) in [6.07, 6.45) is 16.5. The Labute approximate surface area is 165 Å². The Bertz CT molecular complexity index is 425. The summed E-state index contributed by atoms with van der Waals surface area (Å²) in [7, 11) is 0. The third-order valence-electron chi connectivity index (χ3n) is 5.08. The van der Waals surface area contributed by atoms with Crippen molar-refractivity contribution in [3.8, 4) is 0 Å². The molecule has 0 aromatic rings. The van der Waals surface area contributed by atoms with E-state index in [0.717, 1.165) is 19.3 Å². The average molecular weight is 382 g/mol. The fourth-order valence-electron chi connectivity index (χ4n) is 3.48. The van der Waals surface area contributed by atoms with Crippen LogP contribution in [-0.2, 0) is 14.3 Å². The highest BCUT2D eigenvalue weighted by Crippen LogP contribution is 2.20. The van der Waals surface area contributed by atoms with Gasteiger partial charge in [0, 0.05) is 6.54 Å². The molecule has 156 valence electrons. The summed E-state index contributed by atoms with van der Waals surface area (Å²) in [5, 5.41) is 0. The van der Waals surface area contributed by atoms with Crippen LogP contribution >= 0.6 is 0 Å². The third-order valence-corrected chi connectivity index (χ3v) is 5.08. The number of esters is 1. The molecule has 0 aliphatic carbocycles. The lowest BCUT2D eigenvalue weighted by molar-refractivity contribution is -0.148. The molecule has 1 aliphatic heterocycles. The van der Waals surface area contributed by atoms with Crippen LogP contribution in [0.5, 0.6) is 0 Å². The van der Waals surface area contributed by atoms with Crippen molar-refractivity contribution in [1.82, 2.24) is 4.90 Å². The van der Waals surface area contributed by atoms with Gasteiger partial charge in [-0.2, -0.15) is 0 Å². The molecule has 0 radical (unpaired) electrons. The van der Waals surface area contributed by atoms with Gasteiger partial charge in [0.2, 0.25) is 0 Å². The second-order valence-corrected chi connectivity index (χ2v) is 7.42. The second-order valence-electron chi connectivity index (χ2n) is 7.42. The van der Waals surface area contributed by atoms with Gasteiger partial charge in [0.15, 0.2) is 0 Å². The number of hydrogen-bond acceptors (Lipinski definition) is 4. The minimum atomic E-state index is -0.491. The summed E-state index contributed by atoms with van der Waals surface area (Å²) in [4.78, 5) is 25.6. The Morgan fingerprint density at radius 3 is 2.15 bits per heavy atom. The van der Waals surface area contributed by atoms with E-state index in [1.807, 2.05) is 0 Å². The zero-order valence-electron chi connectivity index (χ0n) is 17.3. The van der Waals surface area contributed by atoms with Gasteiger partial charge in [-0.1, -0.05) is 83.8 Å². The molecule has 1 heterocycles. The molecule has 0 spiro atoms. The normalized spacial score (nSPS) is 16.3. The second kappa shape index (κ2) is 15.5. The number of nitrogens with zero attached hydrogens (tertiary/aromatic N) is 1. The van der Waals surface area contributed by atoms with Gasteiger partial charge >= 0.3 is 12.1 Å². The number of amides is 1. The Morgan fingerprint density at radius 2 is 1.56 bits per heavy atom. The molecule has 0 saturated carbocycles. The van der Waals surface area contributed by atoms with E-state index in [1.165, 1.54) is 68.8 Å². The number of hydrogen-bond donors (Lipinski definition) is 0. The van der Waals surface area contributed by atoms with E-state index in [-0.39, 0.29) is 12.6 Å². The minimum Gasteiger partial charge on any atom is -0.464 e. The molecule has 0 aromatic carbocycles. The fourth-order valence-corrected chi connectivity index (χ4v) is 3.48. The molecule has 1 rings (SSSR count). The van der Waals surface area contributed by atoms with Crippen LogP contribution in [0.4, 0.5) is 4.79 Å². The number of carbonyl (C=O) groups is 2. The fraction of sp³-hybridized carbons (Fsp3) is 0.818. The van der Waals surface area contributed by atoms with Crippen LogP contribution in [0.1, 0.15) is 90.4 Å². The molecule has 1 saturated heterocycles. The Hall–Kier alpha value is -1.52. The van der Waals surface area contributed by atoms with Crippen molar-refractivity contribution in [3.05, 3.63) is 12.7 Å². The van der Waals surface area contributed by atoms with Gasteiger partial charge in [-0.25, -0.2) is 9.59 Å². The van der Waals surface area contributed by atoms with Gasteiger partial charge in [-0.05, 0) is 19.3 Å². The lowest BCUT2D eigenvalue weighted by Gasteiger charge is -2.22. The van der Waals surface area contributed by atoms with Crippen molar-refractivity contribution < 1.29 is 19.1 Å². The Morgan fingerprint density at radius 1 is 0.963 bits per heavy atom. The van der Waals surface area contributed by atoms with Crippen molar-refractivity contribution in [1.29, 1.82) is 0 Å². The molecule has 1 amide bonds. The van der Waals surface area contributed by atoms with E-state index in [2.05, 4.69) is 13.5 Å². The summed E-state index contributed by atoms with van der Waals surface area (Å²) in [5.41, 5.74) is 0. The average Bonchev–Trinajstić information content (AvgIpc) is 3.17. The van der Waals surface area contributed by atoms with Crippen LogP contribution in [0.15, 0.2) is 12.7 Å². The maximum absolute atomic E-state index is 12.2. The van der Waals surface area contributed by atoms with Gasteiger partial charge in [-0.3, -0.25) is 4.90 Å². The highest BCUT2D eigenvalue weighted by atomic mass is 16.6. The first-order chi connectivity index (χ1) is 13.2. The van der Waals surface area contributed by atoms with E-state index >= 15 is 0 Å². The topological polar surface area (TPSA) is 55.8 Å². The molecule has 0 bridgehead atoms. The Kier molecular flexibility index (Phi) is 13.5.